The van der Waals surface area contributed by atoms with Crippen LogP contribution in [-0.4, -0.2) is 102 Å². The van der Waals surface area contributed by atoms with Gasteiger partial charge in [0.05, 0.1) is 19.8 Å². The molecule has 0 aliphatic rings. The lowest BCUT2D eigenvalue weighted by Crippen LogP contribution is -2.32. The second-order valence-electron chi connectivity index (χ2n) is 16.8. The third-order valence-corrected chi connectivity index (χ3v) is 11.1. The van der Waals surface area contributed by atoms with E-state index in [0.29, 0.717) is 25.7 Å². The number of hydrogen-bond acceptors (Lipinski definition) is 9. The molecule has 9 N–H and O–H groups in total. The lowest BCUT2D eigenvalue weighted by molar-refractivity contribution is -0.147. The molecular weight excluding hydrogens is 769 g/mol. The summed E-state index contributed by atoms with van der Waals surface area (Å²) in [5, 5.41) is 78.5. The van der Waals surface area contributed by atoms with Gasteiger partial charge < -0.3 is 46.0 Å². The molecule has 0 spiro atoms. The van der Waals surface area contributed by atoms with Crippen LogP contribution in [0, 0.1) is 5.41 Å². The van der Waals surface area contributed by atoms with Crippen LogP contribution in [0.5, 0.6) is 0 Å². The Balaban J connectivity index is -0.000000356. The van der Waals surface area contributed by atoms with Gasteiger partial charge in [-0.25, -0.2) is 14.4 Å². The van der Waals surface area contributed by atoms with Gasteiger partial charge in [0.2, 0.25) is 0 Å². The fourth-order valence-corrected chi connectivity index (χ4v) is 6.33. The zero-order valence-electron chi connectivity index (χ0n) is 39.1. The van der Waals surface area contributed by atoms with Crippen molar-refractivity contribution < 1.29 is 60.3 Å². The predicted octanol–water partition coefficient (Wildman–Crippen LogP) is 10.6. The maximum Gasteiger partial charge on any atom is 0.332 e. The van der Waals surface area contributed by atoms with E-state index in [4.69, 9.17) is 46.0 Å². The minimum atomic E-state index is -1.16. The fraction of sp³-hybridized carbons (Fsp3) is 0.938. The molecular formula is C48H98O12. The lowest BCUT2D eigenvalue weighted by Gasteiger charge is -2.24. The smallest absolute Gasteiger partial charge is 0.332 e. The monoisotopic (exact) mass is 867 g/mol. The zero-order valence-corrected chi connectivity index (χ0v) is 39.1. The van der Waals surface area contributed by atoms with Gasteiger partial charge in [0.1, 0.15) is 0 Å². The van der Waals surface area contributed by atoms with Crippen molar-refractivity contribution in [1.82, 2.24) is 0 Å². The van der Waals surface area contributed by atoms with Gasteiger partial charge >= 0.3 is 17.9 Å². The molecule has 0 aromatic carbocycles. The fourth-order valence-electron chi connectivity index (χ4n) is 6.33. The Morgan fingerprint density at radius 3 is 0.617 bits per heavy atom. The molecule has 0 radical (unpaired) electrons. The van der Waals surface area contributed by atoms with Gasteiger partial charge in [0, 0.05) is 5.41 Å². The summed E-state index contributed by atoms with van der Waals surface area (Å²) in [6.45, 7) is 8.04. The molecule has 0 saturated carbocycles. The van der Waals surface area contributed by atoms with Crippen LogP contribution >= 0.6 is 0 Å². The van der Waals surface area contributed by atoms with Crippen molar-refractivity contribution in [3.63, 3.8) is 0 Å². The van der Waals surface area contributed by atoms with E-state index in [0.717, 1.165) is 38.5 Å². The van der Waals surface area contributed by atoms with Crippen LogP contribution in [0.4, 0.5) is 0 Å². The molecule has 362 valence electrons. The molecule has 0 aliphatic heterocycles. The van der Waals surface area contributed by atoms with E-state index < -0.39 is 41.6 Å². The molecule has 12 nitrogen and oxygen atoms in total. The van der Waals surface area contributed by atoms with Crippen LogP contribution < -0.4 is 0 Å². The number of carbonyl (C=O) groups is 3. The average molecular weight is 867 g/mol. The van der Waals surface area contributed by atoms with Crippen molar-refractivity contribution in [2.75, 3.05) is 19.8 Å². The van der Waals surface area contributed by atoms with Gasteiger partial charge in [0.15, 0.2) is 18.3 Å². The number of hydrogen-bond donors (Lipinski definition) is 9. The van der Waals surface area contributed by atoms with E-state index in [9.17, 15) is 14.4 Å². The average Bonchev–Trinajstić information content (AvgIpc) is 3.24. The Labute approximate surface area is 367 Å². The van der Waals surface area contributed by atoms with Crippen LogP contribution in [0.2, 0.25) is 0 Å². The quantitative estimate of drug-likeness (QED) is 0.0262. The van der Waals surface area contributed by atoms with Crippen molar-refractivity contribution in [2.24, 2.45) is 5.41 Å². The third-order valence-electron chi connectivity index (χ3n) is 11.1. The summed E-state index contributed by atoms with van der Waals surface area (Å²) in [6.07, 6.45) is 35.1. The number of aliphatic hydroxyl groups is 6. The largest absolute Gasteiger partial charge is 0.479 e. The van der Waals surface area contributed by atoms with Gasteiger partial charge in [-0.2, -0.15) is 0 Å². The highest BCUT2D eigenvalue weighted by molar-refractivity contribution is 5.72. The molecule has 60 heavy (non-hydrogen) atoms. The van der Waals surface area contributed by atoms with E-state index in [1.807, 2.05) is 6.92 Å². The molecule has 3 atom stereocenters. The molecule has 0 saturated heterocycles. The summed E-state index contributed by atoms with van der Waals surface area (Å²) in [4.78, 5) is 31.0. The first kappa shape index (κ1) is 64.8. The van der Waals surface area contributed by atoms with Crippen molar-refractivity contribution in [2.45, 2.75) is 264 Å². The maximum absolute atomic E-state index is 10.3. The number of rotatable bonds is 40. The van der Waals surface area contributed by atoms with Crippen LogP contribution in [0.3, 0.4) is 0 Å². The number of unbranched alkanes of at least 4 members (excludes halogenated alkanes) is 27. The summed E-state index contributed by atoms with van der Waals surface area (Å²) in [7, 11) is 0. The minimum Gasteiger partial charge on any atom is -0.479 e. The van der Waals surface area contributed by atoms with E-state index in [1.54, 1.807) is 0 Å². The first-order valence-electron chi connectivity index (χ1n) is 24.3. The highest BCUT2D eigenvalue weighted by Gasteiger charge is 2.25. The molecule has 0 fully saturated rings. The Hall–Kier alpha value is -1.83. The van der Waals surface area contributed by atoms with E-state index in [1.165, 1.54) is 154 Å². The van der Waals surface area contributed by atoms with Crippen LogP contribution in [0.1, 0.15) is 246 Å². The zero-order chi connectivity index (χ0) is 46.1. The van der Waals surface area contributed by atoms with Gasteiger partial charge in [-0.3, -0.25) is 0 Å². The second-order valence-corrected chi connectivity index (χ2v) is 16.8. The topological polar surface area (TPSA) is 233 Å². The number of aliphatic carboxylic acids is 3. The highest BCUT2D eigenvalue weighted by Crippen LogP contribution is 2.18. The van der Waals surface area contributed by atoms with E-state index >= 15 is 0 Å². The SMILES string of the molecule is CCC(CO)(CO)CO.CCCCCCCCCCCCC(O)C(=O)O.CCCCCCCCCCCCC(O)C(=O)O.CCCCCCCCCCCCC(O)C(=O)O. The summed E-state index contributed by atoms with van der Waals surface area (Å²) >= 11 is 0. The first-order chi connectivity index (χ1) is 28.8. The molecule has 3 unspecified atom stereocenters. The second kappa shape index (κ2) is 51.5. The van der Waals surface area contributed by atoms with Gasteiger partial charge in [-0.05, 0) is 25.7 Å². The van der Waals surface area contributed by atoms with Crippen LogP contribution in [0.25, 0.3) is 0 Å². The standard InChI is InChI=1S/3C14H28O3.C6H14O3/c3*1-2-3-4-5-6-7-8-9-10-11-12-13(15)14(16)17;1-2-6(3-7,4-8)5-9/h3*13,15H,2-12H2,1H3,(H,16,17);7-9H,2-5H2,1H3. The summed E-state index contributed by atoms with van der Waals surface area (Å²) in [6, 6.07) is 0. The van der Waals surface area contributed by atoms with E-state index in [-0.39, 0.29) is 19.8 Å². The van der Waals surface area contributed by atoms with Crippen LogP contribution in [0.15, 0.2) is 0 Å². The molecule has 0 bridgehead atoms. The Morgan fingerprint density at radius 2 is 0.500 bits per heavy atom. The van der Waals surface area contributed by atoms with Crippen molar-refractivity contribution in [3.8, 4) is 0 Å². The number of carboxylic acid groups (broad SMARTS) is 3. The normalized spacial score (nSPS) is 12.5. The molecule has 0 rings (SSSR count). The molecule has 0 heterocycles. The number of aliphatic hydroxyl groups excluding tert-OH is 6. The van der Waals surface area contributed by atoms with Gasteiger partial charge in [-0.1, -0.05) is 220 Å². The molecule has 0 aliphatic carbocycles. The van der Waals surface area contributed by atoms with Crippen molar-refractivity contribution in [3.05, 3.63) is 0 Å². The lowest BCUT2D eigenvalue weighted by atomic mass is 9.88. The van der Waals surface area contributed by atoms with E-state index in [2.05, 4.69) is 20.8 Å². The first-order valence-corrected chi connectivity index (χ1v) is 24.3. The predicted molar refractivity (Wildman–Crippen MR) is 244 cm³/mol. The summed E-state index contributed by atoms with van der Waals surface area (Å²) in [5.41, 5.74) is -0.667. The Bertz CT molecular complexity index is 771. The molecule has 0 aromatic rings. The van der Waals surface area contributed by atoms with Crippen molar-refractivity contribution >= 4 is 17.9 Å². The molecule has 0 aromatic heterocycles. The highest BCUT2D eigenvalue weighted by atomic mass is 16.4. The minimum absolute atomic E-state index is 0.156. The Kier molecular flexibility index (Phi) is 55.6. The molecule has 0 amide bonds. The van der Waals surface area contributed by atoms with Gasteiger partial charge in [-0.15, -0.1) is 0 Å². The maximum atomic E-state index is 10.3. The third kappa shape index (κ3) is 50.5. The molecule has 12 heteroatoms. The Morgan fingerprint density at radius 1 is 0.333 bits per heavy atom. The van der Waals surface area contributed by atoms with Crippen LogP contribution in [-0.2, 0) is 14.4 Å². The summed E-state index contributed by atoms with van der Waals surface area (Å²) < 4.78 is 0. The number of carboxylic acids is 3. The summed E-state index contributed by atoms with van der Waals surface area (Å²) in [5.74, 6) is -3.29. The van der Waals surface area contributed by atoms with Crippen molar-refractivity contribution in [1.29, 1.82) is 0 Å². The van der Waals surface area contributed by atoms with Gasteiger partial charge in [0.25, 0.3) is 0 Å².